The van der Waals surface area contributed by atoms with Crippen LogP contribution in [0.5, 0.6) is 5.75 Å². The van der Waals surface area contributed by atoms with Gasteiger partial charge in [-0.15, -0.1) is 11.3 Å². The van der Waals surface area contributed by atoms with Crippen molar-refractivity contribution < 1.29 is 14.3 Å². The van der Waals surface area contributed by atoms with Gasteiger partial charge in [-0.05, 0) is 65.5 Å². The second-order valence-electron chi connectivity index (χ2n) is 6.59. The third-order valence-corrected chi connectivity index (χ3v) is 5.42. The minimum absolute atomic E-state index is 0.240. The van der Waals surface area contributed by atoms with Crippen molar-refractivity contribution in [2.45, 2.75) is 6.92 Å². The highest BCUT2D eigenvalue weighted by Gasteiger charge is 2.16. The first-order chi connectivity index (χ1) is 14.6. The Kier molecular flexibility index (Phi) is 5.77. The van der Waals surface area contributed by atoms with Gasteiger partial charge in [-0.3, -0.25) is 9.59 Å². The maximum Gasteiger partial charge on any atom is 0.265 e. The number of carbonyl (C=O) groups excluding carboxylic acids is 2. The molecule has 5 nitrogen and oxygen atoms in total. The highest BCUT2D eigenvalue weighted by atomic mass is 32.1. The molecule has 30 heavy (non-hydrogen) atoms. The molecule has 0 bridgehead atoms. The van der Waals surface area contributed by atoms with Gasteiger partial charge in [-0.25, -0.2) is 0 Å². The summed E-state index contributed by atoms with van der Waals surface area (Å²) in [5.74, 6) is 0.201. The SMILES string of the molecule is CCOc1ccc(NC(=O)c2cc3ccccc3cc2NC(=O)c2cccs2)cc1. The van der Waals surface area contributed by atoms with E-state index in [4.69, 9.17) is 4.74 Å². The van der Waals surface area contributed by atoms with Gasteiger partial charge in [0.2, 0.25) is 0 Å². The molecule has 0 fully saturated rings. The van der Waals surface area contributed by atoms with E-state index in [2.05, 4.69) is 10.6 Å². The second kappa shape index (κ2) is 8.80. The van der Waals surface area contributed by atoms with Crippen LogP contribution in [0.15, 0.2) is 78.2 Å². The van der Waals surface area contributed by atoms with Crippen molar-refractivity contribution in [2.75, 3.05) is 17.2 Å². The first-order valence-electron chi connectivity index (χ1n) is 9.56. The van der Waals surface area contributed by atoms with Gasteiger partial charge in [-0.1, -0.05) is 30.3 Å². The van der Waals surface area contributed by atoms with Gasteiger partial charge in [0, 0.05) is 5.69 Å². The van der Waals surface area contributed by atoms with E-state index < -0.39 is 0 Å². The number of anilines is 2. The fourth-order valence-electron chi connectivity index (χ4n) is 3.12. The van der Waals surface area contributed by atoms with E-state index in [9.17, 15) is 9.59 Å². The molecule has 0 spiro atoms. The molecule has 0 aliphatic heterocycles. The monoisotopic (exact) mass is 416 g/mol. The third kappa shape index (κ3) is 4.34. The Morgan fingerprint density at radius 1 is 0.867 bits per heavy atom. The number of nitrogens with one attached hydrogen (secondary N) is 2. The zero-order valence-corrected chi connectivity index (χ0v) is 17.2. The van der Waals surface area contributed by atoms with Gasteiger partial charge in [-0.2, -0.15) is 0 Å². The van der Waals surface area contributed by atoms with Gasteiger partial charge in [0.1, 0.15) is 5.75 Å². The van der Waals surface area contributed by atoms with Crippen molar-refractivity contribution in [3.05, 3.63) is 88.6 Å². The summed E-state index contributed by atoms with van der Waals surface area (Å²) in [5, 5.41) is 9.49. The Balaban J connectivity index is 1.65. The average molecular weight is 417 g/mol. The van der Waals surface area contributed by atoms with E-state index >= 15 is 0 Å². The minimum atomic E-state index is -0.300. The van der Waals surface area contributed by atoms with E-state index in [0.29, 0.717) is 28.4 Å². The lowest BCUT2D eigenvalue weighted by Crippen LogP contribution is -2.18. The molecule has 4 rings (SSSR count). The molecule has 0 saturated heterocycles. The van der Waals surface area contributed by atoms with Gasteiger partial charge in [0.05, 0.1) is 22.7 Å². The van der Waals surface area contributed by atoms with Crippen LogP contribution in [0, 0.1) is 0 Å². The number of benzene rings is 3. The van der Waals surface area contributed by atoms with E-state index in [1.165, 1.54) is 11.3 Å². The van der Waals surface area contributed by atoms with Crippen molar-refractivity contribution in [2.24, 2.45) is 0 Å². The Bertz CT molecular complexity index is 1190. The van der Waals surface area contributed by atoms with Crippen LogP contribution in [0.4, 0.5) is 11.4 Å². The average Bonchev–Trinajstić information content (AvgIpc) is 3.30. The fourth-order valence-corrected chi connectivity index (χ4v) is 3.74. The summed E-state index contributed by atoms with van der Waals surface area (Å²) in [6.07, 6.45) is 0. The molecule has 4 aromatic rings. The number of carbonyl (C=O) groups is 2. The molecule has 2 amide bonds. The summed E-state index contributed by atoms with van der Waals surface area (Å²) < 4.78 is 5.44. The number of fused-ring (bicyclic) bond motifs is 1. The van der Waals surface area contributed by atoms with Crippen LogP contribution in [0.25, 0.3) is 10.8 Å². The van der Waals surface area contributed by atoms with E-state index in [0.717, 1.165) is 16.5 Å². The summed E-state index contributed by atoms with van der Waals surface area (Å²) in [7, 11) is 0. The number of hydrogen-bond acceptors (Lipinski definition) is 4. The first-order valence-corrected chi connectivity index (χ1v) is 10.4. The van der Waals surface area contributed by atoms with E-state index in [1.807, 2.05) is 48.7 Å². The molecule has 1 aromatic heterocycles. The second-order valence-corrected chi connectivity index (χ2v) is 7.54. The maximum atomic E-state index is 13.1. The van der Waals surface area contributed by atoms with Gasteiger partial charge >= 0.3 is 0 Å². The molecule has 0 aliphatic rings. The molecular weight excluding hydrogens is 396 g/mol. The molecule has 0 radical (unpaired) electrons. The van der Waals surface area contributed by atoms with Crippen molar-refractivity contribution in [1.82, 2.24) is 0 Å². The summed E-state index contributed by atoms with van der Waals surface area (Å²) in [6.45, 7) is 2.50. The summed E-state index contributed by atoms with van der Waals surface area (Å²) in [4.78, 5) is 26.2. The zero-order chi connectivity index (χ0) is 20.9. The molecule has 0 saturated carbocycles. The summed E-state index contributed by atoms with van der Waals surface area (Å²) >= 11 is 1.35. The molecular formula is C24H20N2O3S. The van der Waals surface area contributed by atoms with E-state index in [-0.39, 0.29) is 11.8 Å². The largest absolute Gasteiger partial charge is 0.494 e. The Hall–Kier alpha value is -3.64. The predicted molar refractivity (Wildman–Crippen MR) is 122 cm³/mol. The lowest BCUT2D eigenvalue weighted by atomic mass is 10.0. The van der Waals surface area contributed by atoms with Gasteiger partial charge < -0.3 is 15.4 Å². The highest BCUT2D eigenvalue weighted by molar-refractivity contribution is 7.12. The normalized spacial score (nSPS) is 10.6. The Morgan fingerprint density at radius 2 is 1.60 bits per heavy atom. The summed E-state index contributed by atoms with van der Waals surface area (Å²) in [5.41, 5.74) is 1.51. The van der Waals surface area contributed by atoms with Crippen LogP contribution in [-0.2, 0) is 0 Å². The quantitative estimate of drug-likeness (QED) is 0.417. The van der Waals surface area contributed by atoms with E-state index in [1.54, 1.807) is 36.4 Å². The smallest absolute Gasteiger partial charge is 0.265 e. The van der Waals surface area contributed by atoms with Crippen LogP contribution in [0.2, 0.25) is 0 Å². The Labute approximate surface area is 178 Å². The maximum absolute atomic E-state index is 13.1. The van der Waals surface area contributed by atoms with Gasteiger partial charge in [0.15, 0.2) is 0 Å². The lowest BCUT2D eigenvalue weighted by molar-refractivity contribution is 0.102. The number of thiophene rings is 1. The molecule has 6 heteroatoms. The first kappa shape index (κ1) is 19.7. The van der Waals surface area contributed by atoms with Crippen molar-refractivity contribution in [3.63, 3.8) is 0 Å². The number of amides is 2. The van der Waals surface area contributed by atoms with Crippen molar-refractivity contribution >= 4 is 45.3 Å². The standard InChI is InChI=1S/C24H20N2O3S/c1-2-29-19-11-9-18(10-12-19)25-23(27)20-14-16-6-3-4-7-17(16)15-21(20)26-24(28)22-8-5-13-30-22/h3-15H,2H2,1H3,(H,25,27)(H,26,28). The Morgan fingerprint density at radius 3 is 2.27 bits per heavy atom. The number of hydrogen-bond donors (Lipinski definition) is 2. The molecule has 0 atom stereocenters. The number of rotatable bonds is 6. The van der Waals surface area contributed by atoms with Crippen LogP contribution < -0.4 is 15.4 Å². The third-order valence-electron chi connectivity index (χ3n) is 4.55. The highest BCUT2D eigenvalue weighted by Crippen LogP contribution is 2.26. The van der Waals surface area contributed by atoms with Crippen molar-refractivity contribution in [1.29, 1.82) is 0 Å². The summed E-state index contributed by atoms with van der Waals surface area (Å²) in [6, 6.07) is 22.1. The van der Waals surface area contributed by atoms with Crippen LogP contribution in [0.1, 0.15) is 27.0 Å². The van der Waals surface area contributed by atoms with Gasteiger partial charge in [0.25, 0.3) is 11.8 Å². The predicted octanol–water partition coefficient (Wildman–Crippen LogP) is 5.80. The molecule has 0 aliphatic carbocycles. The minimum Gasteiger partial charge on any atom is -0.494 e. The molecule has 0 unspecified atom stereocenters. The lowest BCUT2D eigenvalue weighted by Gasteiger charge is -2.13. The van der Waals surface area contributed by atoms with Crippen LogP contribution in [-0.4, -0.2) is 18.4 Å². The number of ether oxygens (including phenoxy) is 1. The molecule has 2 N–H and O–H groups in total. The topological polar surface area (TPSA) is 67.4 Å². The molecule has 3 aromatic carbocycles. The fraction of sp³-hybridized carbons (Fsp3) is 0.0833. The van der Waals surface area contributed by atoms with Crippen molar-refractivity contribution in [3.8, 4) is 5.75 Å². The van der Waals surface area contributed by atoms with Crippen LogP contribution >= 0.6 is 11.3 Å². The van der Waals surface area contributed by atoms with Crippen LogP contribution in [0.3, 0.4) is 0 Å². The molecule has 1 heterocycles. The molecule has 150 valence electrons. The zero-order valence-electron chi connectivity index (χ0n) is 16.3.